The first kappa shape index (κ1) is 14.8. The van der Waals surface area contributed by atoms with E-state index in [1.165, 1.54) is 13.0 Å². The van der Waals surface area contributed by atoms with E-state index in [-0.39, 0.29) is 10.9 Å². The summed E-state index contributed by atoms with van der Waals surface area (Å²) >= 11 is 13.0. The highest BCUT2D eigenvalue weighted by Gasteiger charge is 2.21. The Kier molecular flexibility index (Phi) is 4.26. The smallest absolute Gasteiger partial charge is 0.235 e. The second-order valence-electron chi connectivity index (χ2n) is 3.91. The summed E-state index contributed by atoms with van der Waals surface area (Å²) in [6.07, 6.45) is 0. The van der Waals surface area contributed by atoms with Gasteiger partial charge in [0.05, 0.1) is 33.4 Å². The van der Waals surface area contributed by atoms with Crippen molar-refractivity contribution in [3.05, 3.63) is 16.1 Å². The minimum atomic E-state index is -0.826. The summed E-state index contributed by atoms with van der Waals surface area (Å²) in [6, 6.07) is 1.47. The van der Waals surface area contributed by atoms with E-state index in [0.29, 0.717) is 21.7 Å². The number of nitrogens with two attached hydrogens (primary N) is 1. The number of hydrogen-bond donors (Lipinski definition) is 3. The summed E-state index contributed by atoms with van der Waals surface area (Å²) in [7, 11) is 0. The molecule has 10 heteroatoms. The van der Waals surface area contributed by atoms with Gasteiger partial charge in [-0.2, -0.15) is 8.75 Å². The molecule has 106 valence electrons. The molecule has 0 radical (unpaired) electrons. The van der Waals surface area contributed by atoms with Crippen molar-refractivity contribution in [2.45, 2.75) is 6.92 Å². The summed E-state index contributed by atoms with van der Waals surface area (Å²) in [4.78, 5) is 12.0. The molecule has 0 fully saturated rings. The van der Waals surface area contributed by atoms with E-state index >= 15 is 0 Å². The Bertz CT molecular complexity index is 702. The van der Waals surface area contributed by atoms with Crippen molar-refractivity contribution in [1.29, 1.82) is 0 Å². The molecule has 0 aliphatic rings. The van der Waals surface area contributed by atoms with Crippen molar-refractivity contribution in [1.82, 2.24) is 8.75 Å². The van der Waals surface area contributed by atoms with Gasteiger partial charge in [-0.1, -0.05) is 28.4 Å². The van der Waals surface area contributed by atoms with Gasteiger partial charge in [-0.05, 0) is 13.0 Å². The molecule has 2 rings (SSSR count). The largest absolute Gasteiger partial charge is 0.409 e. The molecular weight excluding hydrogens is 325 g/mol. The number of amides is 1. The first-order valence-corrected chi connectivity index (χ1v) is 6.83. The van der Waals surface area contributed by atoms with E-state index in [9.17, 15) is 4.79 Å². The average molecular weight is 334 g/mol. The van der Waals surface area contributed by atoms with Crippen LogP contribution in [0.3, 0.4) is 0 Å². The number of amidine groups is 1. The average Bonchev–Trinajstić information content (AvgIpc) is 2.91. The molecule has 0 saturated carbocycles. The lowest BCUT2D eigenvalue weighted by Gasteiger charge is -2.12. The molecule has 1 aromatic carbocycles. The molecule has 1 aromatic heterocycles. The maximum Gasteiger partial charge on any atom is 0.235 e. The van der Waals surface area contributed by atoms with Gasteiger partial charge in [0.15, 0.2) is 5.84 Å². The molecule has 20 heavy (non-hydrogen) atoms. The molecule has 0 bridgehead atoms. The zero-order chi connectivity index (χ0) is 14.9. The van der Waals surface area contributed by atoms with Crippen LogP contribution in [0.4, 0.5) is 5.69 Å². The third-order valence-corrected chi connectivity index (χ3v) is 3.76. The number of benzene rings is 1. The summed E-state index contributed by atoms with van der Waals surface area (Å²) in [5.41, 5.74) is 6.53. The van der Waals surface area contributed by atoms with Crippen LogP contribution in [0.2, 0.25) is 10.0 Å². The number of nitrogens with one attached hydrogen (secondary N) is 1. The third-order valence-electron chi connectivity index (χ3n) is 2.64. The predicted molar refractivity (Wildman–Crippen MR) is 78.6 cm³/mol. The molecule has 0 spiro atoms. The van der Waals surface area contributed by atoms with E-state index < -0.39 is 11.8 Å². The fourth-order valence-electron chi connectivity index (χ4n) is 1.45. The summed E-state index contributed by atoms with van der Waals surface area (Å²) in [5.74, 6) is -1.52. The van der Waals surface area contributed by atoms with Gasteiger partial charge >= 0.3 is 0 Å². The Morgan fingerprint density at radius 2 is 2.10 bits per heavy atom. The van der Waals surface area contributed by atoms with Gasteiger partial charge in [0.25, 0.3) is 0 Å². The van der Waals surface area contributed by atoms with E-state index in [0.717, 1.165) is 11.7 Å². The van der Waals surface area contributed by atoms with Crippen molar-refractivity contribution >= 4 is 63.4 Å². The number of aromatic nitrogens is 2. The second-order valence-corrected chi connectivity index (χ2v) is 5.26. The standard InChI is InChI=1S/C10H9Cl2N5O2S/c1-3(9(13)15-19)10(18)14-6-4(11)2-5(12)7-8(6)17-20-16-7/h2-3,19H,1H3,(H2,13,15)(H,14,18). The number of rotatable bonds is 3. The highest BCUT2D eigenvalue weighted by atomic mass is 35.5. The molecule has 1 unspecified atom stereocenters. The molecule has 4 N–H and O–H groups in total. The van der Waals surface area contributed by atoms with Crippen LogP contribution in [-0.4, -0.2) is 25.7 Å². The first-order chi connectivity index (χ1) is 9.45. The first-order valence-electron chi connectivity index (χ1n) is 5.34. The Morgan fingerprint density at radius 3 is 2.75 bits per heavy atom. The van der Waals surface area contributed by atoms with Crippen LogP contribution < -0.4 is 11.1 Å². The Morgan fingerprint density at radius 1 is 1.45 bits per heavy atom. The molecule has 1 heterocycles. The molecule has 1 amide bonds. The van der Waals surface area contributed by atoms with Crippen molar-refractivity contribution in [3.63, 3.8) is 0 Å². The molecule has 0 aliphatic carbocycles. The fourth-order valence-corrected chi connectivity index (χ4v) is 2.60. The van der Waals surface area contributed by atoms with Crippen LogP contribution in [0, 0.1) is 5.92 Å². The lowest BCUT2D eigenvalue weighted by Crippen LogP contribution is -2.32. The quantitative estimate of drug-likeness (QED) is 0.345. The number of hydrogen-bond acceptors (Lipinski definition) is 6. The number of carbonyl (C=O) groups is 1. The minimum absolute atomic E-state index is 0.208. The van der Waals surface area contributed by atoms with Gasteiger partial charge in [0.1, 0.15) is 11.0 Å². The maximum absolute atomic E-state index is 12.0. The SMILES string of the molecule is CC(C(=O)Nc1c(Cl)cc(Cl)c2nsnc12)C(N)=NO. The Hall–Kier alpha value is -1.64. The monoisotopic (exact) mass is 333 g/mol. The van der Waals surface area contributed by atoms with Crippen molar-refractivity contribution in [2.24, 2.45) is 16.8 Å². The molecule has 2 aromatic rings. The van der Waals surface area contributed by atoms with Crippen LogP contribution in [0.25, 0.3) is 11.0 Å². The highest BCUT2D eigenvalue weighted by molar-refractivity contribution is 7.00. The van der Waals surface area contributed by atoms with Gasteiger partial charge in [-0.15, -0.1) is 0 Å². The van der Waals surface area contributed by atoms with Gasteiger partial charge in [-0.3, -0.25) is 4.79 Å². The predicted octanol–water partition coefficient (Wildman–Crippen LogP) is 2.32. The molecular formula is C10H9Cl2N5O2S. The Labute approximate surface area is 127 Å². The molecule has 0 saturated heterocycles. The number of halogens is 2. The van der Waals surface area contributed by atoms with E-state index in [4.69, 9.17) is 34.1 Å². The summed E-state index contributed by atoms with van der Waals surface area (Å²) < 4.78 is 8.08. The van der Waals surface area contributed by atoms with Gasteiger partial charge in [0, 0.05) is 0 Å². The number of nitrogens with zero attached hydrogens (tertiary/aromatic N) is 3. The molecule has 1 atom stereocenters. The zero-order valence-corrected chi connectivity index (χ0v) is 12.4. The summed E-state index contributed by atoms with van der Waals surface area (Å²) in [5, 5.41) is 14.5. The van der Waals surface area contributed by atoms with Crippen molar-refractivity contribution < 1.29 is 10.0 Å². The lowest BCUT2D eigenvalue weighted by atomic mass is 10.1. The zero-order valence-electron chi connectivity index (χ0n) is 10.1. The van der Waals surface area contributed by atoms with Gasteiger partial charge in [-0.25, -0.2) is 0 Å². The van der Waals surface area contributed by atoms with Crippen molar-refractivity contribution in [2.75, 3.05) is 5.32 Å². The van der Waals surface area contributed by atoms with E-state index in [1.807, 2.05) is 0 Å². The van der Waals surface area contributed by atoms with Crippen LogP contribution >= 0.6 is 34.9 Å². The minimum Gasteiger partial charge on any atom is -0.409 e. The normalized spacial score (nSPS) is 13.4. The highest BCUT2D eigenvalue weighted by Crippen LogP contribution is 2.35. The van der Waals surface area contributed by atoms with Crippen LogP contribution in [0.15, 0.2) is 11.2 Å². The van der Waals surface area contributed by atoms with Gasteiger partial charge < -0.3 is 16.3 Å². The van der Waals surface area contributed by atoms with Gasteiger partial charge in [0.2, 0.25) is 5.91 Å². The second kappa shape index (κ2) is 5.78. The number of anilines is 1. The van der Waals surface area contributed by atoms with Crippen molar-refractivity contribution in [3.8, 4) is 0 Å². The number of fused-ring (bicyclic) bond motifs is 1. The molecule has 0 aliphatic heterocycles. The molecule has 7 nitrogen and oxygen atoms in total. The summed E-state index contributed by atoms with van der Waals surface area (Å²) in [6.45, 7) is 1.49. The lowest BCUT2D eigenvalue weighted by molar-refractivity contribution is -0.117. The van der Waals surface area contributed by atoms with Crippen LogP contribution in [0.1, 0.15) is 6.92 Å². The number of oxime groups is 1. The van der Waals surface area contributed by atoms with E-state index in [2.05, 4.69) is 19.2 Å². The topological polar surface area (TPSA) is 113 Å². The van der Waals surface area contributed by atoms with Crippen LogP contribution in [-0.2, 0) is 4.79 Å². The van der Waals surface area contributed by atoms with Crippen LogP contribution in [0.5, 0.6) is 0 Å². The number of carbonyl (C=O) groups excluding carboxylic acids is 1. The maximum atomic E-state index is 12.0. The van der Waals surface area contributed by atoms with E-state index in [1.54, 1.807) is 0 Å². The fraction of sp³-hybridized carbons (Fsp3) is 0.200. The Balaban J connectivity index is 2.39. The third kappa shape index (κ3) is 2.62.